The molecule has 1 spiro atoms. The lowest BCUT2D eigenvalue weighted by Crippen LogP contribution is -2.58. The van der Waals surface area contributed by atoms with Crippen LogP contribution in [0.2, 0.25) is 0 Å². The summed E-state index contributed by atoms with van der Waals surface area (Å²) in [6.07, 6.45) is 7.46. The number of Topliss-reactive ketones (excluding diaryl/α,β-unsaturated/α-hetero) is 2. The lowest BCUT2D eigenvalue weighted by atomic mass is 9.46. The maximum Gasteiger partial charge on any atom is 0.181 e. The Labute approximate surface area is 128 Å². The summed E-state index contributed by atoms with van der Waals surface area (Å²) in [7, 11) is 0. The fourth-order valence-corrected chi connectivity index (χ4v) is 4.09. The SMILES string of the molecule is CCCC1=C(CCC)C2(C1=O)C(=O)C(CCC)=C2CCC. The molecular formula is C19H28O2. The molecule has 2 nitrogen and oxygen atoms in total. The van der Waals surface area contributed by atoms with Gasteiger partial charge in [0.15, 0.2) is 11.6 Å². The molecule has 116 valence electrons. The summed E-state index contributed by atoms with van der Waals surface area (Å²) < 4.78 is 0. The predicted molar refractivity (Wildman–Crippen MR) is 86.1 cm³/mol. The van der Waals surface area contributed by atoms with Crippen LogP contribution in [0.1, 0.15) is 79.1 Å². The van der Waals surface area contributed by atoms with Crippen molar-refractivity contribution in [2.45, 2.75) is 79.1 Å². The topological polar surface area (TPSA) is 34.1 Å². The summed E-state index contributed by atoms with van der Waals surface area (Å²) in [5.74, 6) is 0.280. The molecule has 0 fully saturated rings. The maximum atomic E-state index is 12.8. The van der Waals surface area contributed by atoms with Crippen molar-refractivity contribution in [3.8, 4) is 0 Å². The normalized spacial score (nSPS) is 20.2. The van der Waals surface area contributed by atoms with Gasteiger partial charge in [-0.15, -0.1) is 0 Å². The molecule has 2 aliphatic rings. The van der Waals surface area contributed by atoms with Gasteiger partial charge in [-0.1, -0.05) is 53.4 Å². The second-order valence-electron chi connectivity index (χ2n) is 6.32. The quantitative estimate of drug-likeness (QED) is 0.593. The second-order valence-corrected chi connectivity index (χ2v) is 6.32. The average Bonchev–Trinajstić information content (AvgIpc) is 2.49. The number of allylic oxidation sites excluding steroid dienone is 4. The zero-order chi connectivity index (χ0) is 15.6. The van der Waals surface area contributed by atoms with Gasteiger partial charge in [0.1, 0.15) is 5.41 Å². The van der Waals surface area contributed by atoms with Crippen LogP contribution in [0.5, 0.6) is 0 Å². The van der Waals surface area contributed by atoms with Crippen LogP contribution in [-0.2, 0) is 9.59 Å². The van der Waals surface area contributed by atoms with E-state index < -0.39 is 5.41 Å². The number of carbonyl (C=O) groups is 2. The Bertz CT molecular complexity index is 472. The molecular weight excluding hydrogens is 260 g/mol. The molecule has 0 amide bonds. The molecule has 0 unspecified atom stereocenters. The minimum absolute atomic E-state index is 0.140. The van der Waals surface area contributed by atoms with Gasteiger partial charge < -0.3 is 0 Å². The molecule has 2 heteroatoms. The fourth-order valence-electron chi connectivity index (χ4n) is 4.09. The van der Waals surface area contributed by atoms with Gasteiger partial charge in [0, 0.05) is 0 Å². The van der Waals surface area contributed by atoms with Crippen LogP contribution in [0, 0.1) is 5.41 Å². The van der Waals surface area contributed by atoms with E-state index in [1.54, 1.807) is 0 Å². The molecule has 0 aromatic rings. The predicted octanol–water partition coefficient (Wildman–Crippen LogP) is 4.93. The monoisotopic (exact) mass is 288 g/mol. The Morgan fingerprint density at radius 1 is 0.619 bits per heavy atom. The van der Waals surface area contributed by atoms with Crippen LogP contribution in [0.4, 0.5) is 0 Å². The minimum Gasteiger partial charge on any atom is -0.293 e. The van der Waals surface area contributed by atoms with Gasteiger partial charge in [-0.05, 0) is 48.0 Å². The Kier molecular flexibility index (Phi) is 4.85. The van der Waals surface area contributed by atoms with Gasteiger partial charge in [-0.25, -0.2) is 0 Å². The molecule has 2 rings (SSSR count). The molecule has 0 heterocycles. The standard InChI is InChI=1S/C19H28O2/c1-5-9-13-15(11-7-3)19(17(13)20)16(12-8-4)14(10-6-2)18(19)21/h5-12H2,1-4H3. The van der Waals surface area contributed by atoms with Crippen LogP contribution < -0.4 is 0 Å². The summed E-state index contributed by atoms with van der Waals surface area (Å²) in [4.78, 5) is 25.5. The highest BCUT2D eigenvalue weighted by Gasteiger charge is 2.65. The lowest BCUT2D eigenvalue weighted by Gasteiger charge is -2.52. The first kappa shape index (κ1) is 16.2. The van der Waals surface area contributed by atoms with Crippen LogP contribution in [0.15, 0.2) is 22.3 Å². The van der Waals surface area contributed by atoms with Gasteiger partial charge in [-0.3, -0.25) is 9.59 Å². The van der Waals surface area contributed by atoms with Gasteiger partial charge >= 0.3 is 0 Å². The van der Waals surface area contributed by atoms with Crippen molar-refractivity contribution in [2.75, 3.05) is 0 Å². The Morgan fingerprint density at radius 2 is 0.952 bits per heavy atom. The van der Waals surface area contributed by atoms with E-state index in [9.17, 15) is 9.59 Å². The first-order valence-corrected chi connectivity index (χ1v) is 8.65. The highest BCUT2D eigenvalue weighted by molar-refractivity contribution is 6.34. The smallest absolute Gasteiger partial charge is 0.181 e. The van der Waals surface area contributed by atoms with E-state index in [0.29, 0.717) is 0 Å². The number of carbonyl (C=O) groups excluding carboxylic acids is 2. The molecule has 0 saturated heterocycles. The van der Waals surface area contributed by atoms with Crippen LogP contribution in [0.25, 0.3) is 0 Å². The molecule has 0 saturated carbocycles. The van der Waals surface area contributed by atoms with E-state index in [0.717, 1.165) is 62.5 Å². The molecule has 0 aromatic heterocycles. The Balaban J connectivity index is 2.47. The van der Waals surface area contributed by atoms with E-state index >= 15 is 0 Å². The molecule has 0 bridgehead atoms. The van der Waals surface area contributed by atoms with E-state index in [1.807, 2.05) is 0 Å². The molecule has 0 aromatic carbocycles. The van der Waals surface area contributed by atoms with Crippen molar-refractivity contribution < 1.29 is 9.59 Å². The zero-order valence-corrected chi connectivity index (χ0v) is 14.0. The largest absolute Gasteiger partial charge is 0.293 e. The number of ketones is 2. The van der Waals surface area contributed by atoms with Gasteiger partial charge in [0.2, 0.25) is 0 Å². The van der Waals surface area contributed by atoms with Crippen molar-refractivity contribution in [1.29, 1.82) is 0 Å². The molecule has 0 atom stereocenters. The van der Waals surface area contributed by atoms with Crippen molar-refractivity contribution >= 4 is 11.6 Å². The summed E-state index contributed by atoms with van der Waals surface area (Å²) >= 11 is 0. The summed E-state index contributed by atoms with van der Waals surface area (Å²) in [5.41, 5.74) is 3.50. The van der Waals surface area contributed by atoms with Crippen molar-refractivity contribution in [1.82, 2.24) is 0 Å². The maximum absolute atomic E-state index is 12.8. The van der Waals surface area contributed by atoms with Gasteiger partial charge in [0.05, 0.1) is 0 Å². The highest BCUT2D eigenvalue weighted by atomic mass is 16.2. The molecule has 2 aliphatic carbocycles. The minimum atomic E-state index is -0.777. The Hall–Kier alpha value is -1.18. The summed E-state index contributed by atoms with van der Waals surface area (Å²) in [5, 5.41) is 0. The third kappa shape index (κ3) is 2.06. The number of hydrogen-bond acceptors (Lipinski definition) is 2. The third-order valence-corrected chi connectivity index (χ3v) is 4.86. The van der Waals surface area contributed by atoms with Gasteiger partial charge in [-0.2, -0.15) is 0 Å². The molecule has 21 heavy (non-hydrogen) atoms. The molecule has 0 N–H and O–H groups in total. The highest BCUT2D eigenvalue weighted by Crippen LogP contribution is 2.61. The van der Waals surface area contributed by atoms with Gasteiger partial charge in [0.25, 0.3) is 0 Å². The van der Waals surface area contributed by atoms with Crippen molar-refractivity contribution in [3.05, 3.63) is 22.3 Å². The summed E-state index contributed by atoms with van der Waals surface area (Å²) in [6.45, 7) is 8.46. The van der Waals surface area contributed by atoms with Crippen molar-refractivity contribution in [3.63, 3.8) is 0 Å². The summed E-state index contributed by atoms with van der Waals surface area (Å²) in [6, 6.07) is 0. The number of rotatable bonds is 8. The Morgan fingerprint density at radius 3 is 1.24 bits per heavy atom. The molecule has 0 radical (unpaired) electrons. The van der Waals surface area contributed by atoms with Crippen LogP contribution >= 0.6 is 0 Å². The zero-order valence-electron chi connectivity index (χ0n) is 14.0. The lowest BCUT2D eigenvalue weighted by molar-refractivity contribution is -0.137. The van der Waals surface area contributed by atoms with E-state index in [4.69, 9.17) is 0 Å². The van der Waals surface area contributed by atoms with Crippen LogP contribution in [-0.4, -0.2) is 11.6 Å². The second kappa shape index (κ2) is 6.29. The van der Waals surface area contributed by atoms with Crippen LogP contribution in [0.3, 0.4) is 0 Å². The molecule has 0 aliphatic heterocycles. The average molecular weight is 288 g/mol. The third-order valence-electron chi connectivity index (χ3n) is 4.86. The number of hydrogen-bond donors (Lipinski definition) is 0. The van der Waals surface area contributed by atoms with Crippen molar-refractivity contribution in [2.24, 2.45) is 5.41 Å². The fraction of sp³-hybridized carbons (Fsp3) is 0.684. The van der Waals surface area contributed by atoms with E-state index in [2.05, 4.69) is 27.7 Å². The van der Waals surface area contributed by atoms with E-state index in [1.165, 1.54) is 11.1 Å². The first-order valence-electron chi connectivity index (χ1n) is 8.65. The first-order chi connectivity index (χ1) is 10.1. The van der Waals surface area contributed by atoms with E-state index in [-0.39, 0.29) is 11.6 Å².